The number of nitrogens with one attached hydrogen (secondary N) is 1. The summed E-state index contributed by atoms with van der Waals surface area (Å²) in [5.74, 6) is 0.707. The lowest BCUT2D eigenvalue weighted by Gasteiger charge is -2.17. The first-order valence-corrected chi connectivity index (χ1v) is 17.1. The van der Waals surface area contributed by atoms with E-state index in [4.69, 9.17) is 14.5 Å². The summed E-state index contributed by atoms with van der Waals surface area (Å²) in [4.78, 5) is 32.1. The van der Waals surface area contributed by atoms with Crippen molar-refractivity contribution in [1.82, 2.24) is 4.98 Å². The van der Waals surface area contributed by atoms with Gasteiger partial charge in [-0.2, -0.15) is 5.26 Å². The molecule has 0 aliphatic carbocycles. The minimum absolute atomic E-state index is 0.123. The number of allylic oxidation sites excluding steroid dienone is 1. The van der Waals surface area contributed by atoms with E-state index in [0.717, 1.165) is 26.8 Å². The molecule has 4 aromatic carbocycles. The van der Waals surface area contributed by atoms with Crippen LogP contribution in [0.1, 0.15) is 27.7 Å². The number of amides is 1. The Morgan fingerprint density at radius 1 is 0.898 bits per heavy atom. The predicted molar refractivity (Wildman–Crippen MR) is 199 cm³/mol. The molecule has 0 radical (unpaired) electrons. The van der Waals surface area contributed by atoms with E-state index in [1.54, 1.807) is 75.0 Å². The summed E-state index contributed by atoms with van der Waals surface area (Å²) >= 11 is 2.77. The Kier molecular flexibility index (Phi) is 10.2. The van der Waals surface area contributed by atoms with Crippen LogP contribution in [0.3, 0.4) is 0 Å². The third-order valence-corrected chi connectivity index (χ3v) is 9.82. The number of benzene rings is 4. The van der Waals surface area contributed by atoms with Gasteiger partial charge in [0, 0.05) is 27.3 Å². The maximum atomic E-state index is 13.5. The van der Waals surface area contributed by atoms with Crippen LogP contribution < -0.4 is 14.8 Å². The molecule has 0 saturated carbocycles. The van der Waals surface area contributed by atoms with E-state index in [-0.39, 0.29) is 11.7 Å². The molecule has 0 aliphatic heterocycles. The molecule has 0 bridgehead atoms. The molecule has 9 heteroatoms. The van der Waals surface area contributed by atoms with Crippen LogP contribution in [0.25, 0.3) is 39.2 Å². The van der Waals surface area contributed by atoms with E-state index in [1.807, 2.05) is 78.2 Å². The molecule has 1 N–H and O–H groups in total. The third-order valence-electron chi connectivity index (χ3n) is 7.89. The van der Waals surface area contributed by atoms with Gasteiger partial charge in [-0.3, -0.25) is 9.59 Å². The normalized spacial score (nSPS) is 11.6. The fourth-order valence-electron chi connectivity index (χ4n) is 5.36. The largest absolute Gasteiger partial charge is 0.493 e. The van der Waals surface area contributed by atoms with Gasteiger partial charge in [0.15, 0.2) is 17.3 Å². The monoisotopic (exact) mass is 681 g/mol. The Morgan fingerprint density at radius 2 is 1.67 bits per heavy atom. The highest BCUT2D eigenvalue weighted by atomic mass is 32.2. The number of thioether (sulfide) groups is 1. The number of nitrogens with zero attached hydrogens (tertiary/aromatic N) is 2. The number of hydrogen-bond donors (Lipinski definition) is 1. The van der Waals surface area contributed by atoms with Crippen LogP contribution in [-0.4, -0.2) is 36.1 Å². The standard InChI is InChI=1S/C40H31N3O4S2/c1-25(39(45)42-29-16-13-27(14-17-29)36(44)19-18-30-10-7-21-48-30)49-40-34(24-41)33(28-15-20-37(46-2)38(22-28)47-3)23-35(43-40)32-12-6-9-26-8-4-5-11-31(26)32/h4-23,25H,1-3H3,(H,42,45)/b19-18+/t25-/m1/s1. The second-order valence-electron chi connectivity index (χ2n) is 11.0. The highest BCUT2D eigenvalue weighted by Gasteiger charge is 2.23. The number of ketones is 1. The van der Waals surface area contributed by atoms with Crippen LogP contribution in [0.4, 0.5) is 5.69 Å². The van der Waals surface area contributed by atoms with Gasteiger partial charge in [0.1, 0.15) is 11.1 Å². The Bertz CT molecular complexity index is 2220. The molecule has 0 spiro atoms. The number of hydrogen-bond acceptors (Lipinski definition) is 8. The van der Waals surface area contributed by atoms with Crippen LogP contribution in [0.2, 0.25) is 0 Å². The number of anilines is 1. The van der Waals surface area contributed by atoms with Gasteiger partial charge in [0.2, 0.25) is 5.91 Å². The summed E-state index contributed by atoms with van der Waals surface area (Å²) in [6.07, 6.45) is 3.33. The molecule has 0 saturated heterocycles. The van der Waals surface area contributed by atoms with Gasteiger partial charge in [0.25, 0.3) is 0 Å². The Balaban J connectivity index is 1.31. The first kappa shape index (κ1) is 33.2. The summed E-state index contributed by atoms with van der Waals surface area (Å²) in [5, 5.41) is 17.3. The average Bonchev–Trinajstić information content (AvgIpc) is 3.67. The Hall–Kier alpha value is -5.69. The van der Waals surface area contributed by atoms with Crippen molar-refractivity contribution >= 4 is 57.3 Å². The molecule has 0 unspecified atom stereocenters. The topological polar surface area (TPSA) is 101 Å². The maximum absolute atomic E-state index is 13.5. The quantitative estimate of drug-likeness (QED) is 0.0826. The summed E-state index contributed by atoms with van der Waals surface area (Å²) in [7, 11) is 3.14. The van der Waals surface area contributed by atoms with Gasteiger partial charge in [-0.05, 0) is 89.3 Å². The minimum Gasteiger partial charge on any atom is -0.493 e. The van der Waals surface area contributed by atoms with Crippen LogP contribution in [0.5, 0.6) is 11.5 Å². The number of pyridine rings is 1. The SMILES string of the molecule is COc1ccc(-c2cc(-c3cccc4ccccc34)nc(S[C@H](C)C(=O)Nc3ccc(C(=O)/C=C/c4cccs4)cc3)c2C#N)cc1OC. The summed E-state index contributed by atoms with van der Waals surface area (Å²) in [5.41, 5.74) is 4.40. The molecule has 6 rings (SSSR count). The van der Waals surface area contributed by atoms with E-state index in [9.17, 15) is 14.9 Å². The van der Waals surface area contributed by atoms with Crippen LogP contribution in [0.15, 0.2) is 120 Å². The molecule has 7 nitrogen and oxygen atoms in total. The molecular formula is C40H31N3O4S2. The van der Waals surface area contributed by atoms with E-state index >= 15 is 0 Å². The number of rotatable bonds is 11. The molecule has 6 aromatic rings. The van der Waals surface area contributed by atoms with Crippen molar-refractivity contribution in [2.24, 2.45) is 0 Å². The Labute approximate surface area is 292 Å². The maximum Gasteiger partial charge on any atom is 0.237 e. The van der Waals surface area contributed by atoms with Gasteiger partial charge in [-0.25, -0.2) is 4.98 Å². The molecule has 2 heterocycles. The van der Waals surface area contributed by atoms with Gasteiger partial charge >= 0.3 is 0 Å². The summed E-state index contributed by atoms with van der Waals surface area (Å²) in [6.45, 7) is 1.77. The number of ether oxygens (including phenoxy) is 2. The first-order chi connectivity index (χ1) is 23.9. The van der Waals surface area contributed by atoms with Crippen molar-refractivity contribution in [3.8, 4) is 40.0 Å². The van der Waals surface area contributed by atoms with E-state index in [1.165, 1.54) is 11.8 Å². The molecule has 0 aliphatic rings. The van der Waals surface area contributed by atoms with Gasteiger partial charge in [0.05, 0.1) is 30.7 Å². The number of fused-ring (bicyclic) bond motifs is 1. The third kappa shape index (κ3) is 7.41. The summed E-state index contributed by atoms with van der Waals surface area (Å²) in [6, 6.07) is 34.5. The molecule has 49 heavy (non-hydrogen) atoms. The predicted octanol–water partition coefficient (Wildman–Crippen LogP) is 9.53. The molecule has 0 fully saturated rings. The van der Waals surface area contributed by atoms with Crippen molar-refractivity contribution in [3.63, 3.8) is 0 Å². The van der Waals surface area contributed by atoms with Crippen LogP contribution >= 0.6 is 23.1 Å². The number of carbonyl (C=O) groups excluding carboxylic acids is 2. The van der Waals surface area contributed by atoms with Crippen molar-refractivity contribution in [3.05, 3.63) is 131 Å². The smallest absolute Gasteiger partial charge is 0.237 e. The highest BCUT2D eigenvalue weighted by molar-refractivity contribution is 8.00. The molecule has 242 valence electrons. The van der Waals surface area contributed by atoms with Crippen LogP contribution in [0, 0.1) is 11.3 Å². The van der Waals surface area contributed by atoms with E-state index < -0.39 is 5.25 Å². The number of aromatic nitrogens is 1. The fraction of sp³-hybridized carbons (Fsp3) is 0.100. The molecule has 1 amide bonds. The van der Waals surface area contributed by atoms with Crippen molar-refractivity contribution < 1.29 is 19.1 Å². The molecule has 1 atom stereocenters. The fourth-order valence-corrected chi connectivity index (χ4v) is 6.90. The van der Waals surface area contributed by atoms with E-state index in [2.05, 4.69) is 11.4 Å². The zero-order valence-electron chi connectivity index (χ0n) is 27.0. The second kappa shape index (κ2) is 15.0. The van der Waals surface area contributed by atoms with Gasteiger partial charge < -0.3 is 14.8 Å². The lowest BCUT2D eigenvalue weighted by Crippen LogP contribution is -2.22. The first-order valence-electron chi connectivity index (χ1n) is 15.4. The number of methoxy groups -OCH3 is 2. The number of nitriles is 1. The molecular weight excluding hydrogens is 651 g/mol. The lowest BCUT2D eigenvalue weighted by molar-refractivity contribution is -0.115. The van der Waals surface area contributed by atoms with Crippen molar-refractivity contribution in [2.75, 3.05) is 19.5 Å². The lowest BCUT2D eigenvalue weighted by atomic mass is 9.96. The molecule has 2 aromatic heterocycles. The van der Waals surface area contributed by atoms with Crippen molar-refractivity contribution in [2.45, 2.75) is 17.2 Å². The average molecular weight is 682 g/mol. The zero-order chi connectivity index (χ0) is 34.3. The summed E-state index contributed by atoms with van der Waals surface area (Å²) < 4.78 is 11.0. The number of thiophene rings is 1. The second-order valence-corrected chi connectivity index (χ2v) is 13.3. The van der Waals surface area contributed by atoms with Gasteiger partial charge in [-0.15, -0.1) is 11.3 Å². The van der Waals surface area contributed by atoms with Crippen molar-refractivity contribution in [1.29, 1.82) is 5.26 Å². The Morgan fingerprint density at radius 3 is 2.41 bits per heavy atom. The van der Waals surface area contributed by atoms with E-state index in [0.29, 0.717) is 44.6 Å². The van der Waals surface area contributed by atoms with Crippen LogP contribution in [-0.2, 0) is 4.79 Å². The highest BCUT2D eigenvalue weighted by Crippen LogP contribution is 2.40. The zero-order valence-corrected chi connectivity index (χ0v) is 28.6. The number of carbonyl (C=O) groups is 2. The minimum atomic E-state index is -0.615. The van der Waals surface area contributed by atoms with Gasteiger partial charge in [-0.1, -0.05) is 66.4 Å².